The van der Waals surface area contributed by atoms with Crippen LogP contribution in [-0.4, -0.2) is 18.3 Å². The molecule has 0 fully saturated rings. The smallest absolute Gasteiger partial charge is 0.119 e. The van der Waals surface area contributed by atoms with Crippen molar-refractivity contribution < 1.29 is 9.47 Å². The standard InChI is InChI=1S/C20H23NO2/c1-15(2)16-4-9-20-17(14-16)10-11-21(20)12-13-23-19-7-5-18(22-3)6-8-19/h4-11,14-15H,12-13H2,1-3H3. The minimum atomic E-state index is 0.557. The van der Waals surface area contributed by atoms with Gasteiger partial charge in [0.1, 0.15) is 18.1 Å². The summed E-state index contributed by atoms with van der Waals surface area (Å²) in [7, 11) is 1.66. The van der Waals surface area contributed by atoms with Gasteiger partial charge in [-0.05, 0) is 59.3 Å². The molecular formula is C20H23NO2. The molecule has 0 aliphatic rings. The number of hydrogen-bond acceptors (Lipinski definition) is 2. The summed E-state index contributed by atoms with van der Waals surface area (Å²) in [5.74, 6) is 2.26. The van der Waals surface area contributed by atoms with Crippen LogP contribution >= 0.6 is 0 Å². The topological polar surface area (TPSA) is 23.4 Å². The molecule has 2 aromatic carbocycles. The van der Waals surface area contributed by atoms with E-state index in [1.54, 1.807) is 7.11 Å². The number of ether oxygens (including phenoxy) is 2. The Morgan fingerprint density at radius 3 is 2.39 bits per heavy atom. The van der Waals surface area contributed by atoms with Crippen LogP contribution in [0.15, 0.2) is 54.7 Å². The molecule has 1 heterocycles. The molecule has 0 N–H and O–H groups in total. The van der Waals surface area contributed by atoms with E-state index >= 15 is 0 Å². The third-order valence-corrected chi connectivity index (χ3v) is 4.12. The number of rotatable bonds is 6. The summed E-state index contributed by atoms with van der Waals surface area (Å²) in [5, 5.41) is 1.29. The molecule has 3 aromatic rings. The summed E-state index contributed by atoms with van der Waals surface area (Å²) >= 11 is 0. The van der Waals surface area contributed by atoms with Gasteiger partial charge in [-0.1, -0.05) is 19.9 Å². The van der Waals surface area contributed by atoms with Gasteiger partial charge in [0.25, 0.3) is 0 Å². The SMILES string of the molecule is COc1ccc(OCCn2ccc3cc(C(C)C)ccc32)cc1. The number of hydrogen-bond donors (Lipinski definition) is 0. The van der Waals surface area contributed by atoms with E-state index < -0.39 is 0 Å². The van der Waals surface area contributed by atoms with Gasteiger partial charge in [-0.15, -0.1) is 0 Å². The van der Waals surface area contributed by atoms with E-state index in [1.165, 1.54) is 16.5 Å². The Kier molecular flexibility index (Phi) is 4.56. The Morgan fingerprint density at radius 2 is 1.70 bits per heavy atom. The Labute approximate surface area is 137 Å². The van der Waals surface area contributed by atoms with Crippen molar-refractivity contribution in [1.29, 1.82) is 0 Å². The average Bonchev–Trinajstić information content (AvgIpc) is 2.98. The van der Waals surface area contributed by atoms with E-state index in [4.69, 9.17) is 9.47 Å². The maximum absolute atomic E-state index is 5.81. The van der Waals surface area contributed by atoms with Gasteiger partial charge in [-0.2, -0.15) is 0 Å². The van der Waals surface area contributed by atoms with Crippen LogP contribution in [0.2, 0.25) is 0 Å². The number of benzene rings is 2. The predicted octanol–water partition coefficient (Wildman–Crippen LogP) is 4.85. The predicted molar refractivity (Wildman–Crippen MR) is 94.5 cm³/mol. The molecule has 0 radical (unpaired) electrons. The highest BCUT2D eigenvalue weighted by Gasteiger charge is 2.05. The van der Waals surface area contributed by atoms with E-state index in [-0.39, 0.29) is 0 Å². The monoisotopic (exact) mass is 309 g/mol. The zero-order chi connectivity index (χ0) is 16.2. The van der Waals surface area contributed by atoms with Crippen molar-refractivity contribution in [2.45, 2.75) is 26.3 Å². The van der Waals surface area contributed by atoms with Gasteiger partial charge in [0, 0.05) is 11.7 Å². The van der Waals surface area contributed by atoms with Crippen molar-refractivity contribution in [2.75, 3.05) is 13.7 Å². The fourth-order valence-electron chi connectivity index (χ4n) is 2.71. The normalized spacial score (nSPS) is 11.1. The second-order valence-electron chi connectivity index (χ2n) is 6.01. The molecule has 0 bridgehead atoms. The van der Waals surface area contributed by atoms with Crippen molar-refractivity contribution in [3.05, 3.63) is 60.3 Å². The largest absolute Gasteiger partial charge is 0.497 e. The molecule has 23 heavy (non-hydrogen) atoms. The highest BCUT2D eigenvalue weighted by atomic mass is 16.5. The van der Waals surface area contributed by atoms with Crippen LogP contribution in [0, 0.1) is 0 Å². The molecular weight excluding hydrogens is 286 g/mol. The molecule has 0 saturated heterocycles. The van der Waals surface area contributed by atoms with Crippen LogP contribution in [0.5, 0.6) is 11.5 Å². The highest BCUT2D eigenvalue weighted by molar-refractivity contribution is 5.81. The summed E-state index contributed by atoms with van der Waals surface area (Å²) in [6, 6.07) is 16.6. The highest BCUT2D eigenvalue weighted by Crippen LogP contribution is 2.22. The van der Waals surface area contributed by atoms with Gasteiger partial charge in [0.05, 0.1) is 13.7 Å². The number of aromatic nitrogens is 1. The summed E-state index contributed by atoms with van der Waals surface area (Å²) in [6.45, 7) is 5.92. The van der Waals surface area contributed by atoms with Gasteiger partial charge in [0.15, 0.2) is 0 Å². The number of nitrogens with zero attached hydrogens (tertiary/aromatic N) is 1. The first kappa shape index (κ1) is 15.5. The molecule has 0 aliphatic heterocycles. The lowest BCUT2D eigenvalue weighted by Crippen LogP contribution is -2.07. The first-order valence-corrected chi connectivity index (χ1v) is 8.03. The van der Waals surface area contributed by atoms with Crippen LogP contribution in [0.4, 0.5) is 0 Å². The number of methoxy groups -OCH3 is 1. The summed E-state index contributed by atoms with van der Waals surface area (Å²) in [6.07, 6.45) is 2.13. The molecule has 0 atom stereocenters. The minimum Gasteiger partial charge on any atom is -0.497 e. The fourth-order valence-corrected chi connectivity index (χ4v) is 2.71. The van der Waals surface area contributed by atoms with E-state index in [0.717, 1.165) is 18.0 Å². The first-order chi connectivity index (χ1) is 11.2. The lowest BCUT2D eigenvalue weighted by Gasteiger charge is -2.10. The molecule has 3 rings (SSSR count). The van der Waals surface area contributed by atoms with E-state index in [1.807, 2.05) is 24.3 Å². The van der Waals surface area contributed by atoms with Crippen LogP contribution in [0.25, 0.3) is 10.9 Å². The van der Waals surface area contributed by atoms with Crippen LogP contribution in [-0.2, 0) is 6.54 Å². The van der Waals surface area contributed by atoms with Crippen molar-refractivity contribution in [2.24, 2.45) is 0 Å². The van der Waals surface area contributed by atoms with Gasteiger partial charge in [-0.25, -0.2) is 0 Å². The summed E-state index contributed by atoms with van der Waals surface area (Å²) in [4.78, 5) is 0. The van der Waals surface area contributed by atoms with E-state index in [9.17, 15) is 0 Å². The molecule has 0 amide bonds. The van der Waals surface area contributed by atoms with Gasteiger partial charge >= 0.3 is 0 Å². The second kappa shape index (κ2) is 6.78. The van der Waals surface area contributed by atoms with E-state index in [2.05, 4.69) is 48.9 Å². The Balaban J connectivity index is 1.64. The molecule has 3 nitrogen and oxygen atoms in total. The third kappa shape index (κ3) is 3.50. The average molecular weight is 309 g/mol. The Morgan fingerprint density at radius 1 is 0.957 bits per heavy atom. The quantitative estimate of drug-likeness (QED) is 0.649. The minimum absolute atomic E-state index is 0.557. The van der Waals surface area contributed by atoms with Crippen molar-refractivity contribution >= 4 is 10.9 Å². The summed E-state index contributed by atoms with van der Waals surface area (Å²) < 4.78 is 13.2. The van der Waals surface area contributed by atoms with Crippen LogP contribution in [0.1, 0.15) is 25.3 Å². The second-order valence-corrected chi connectivity index (χ2v) is 6.01. The molecule has 1 aromatic heterocycles. The third-order valence-electron chi connectivity index (χ3n) is 4.12. The van der Waals surface area contributed by atoms with Crippen molar-refractivity contribution in [3.63, 3.8) is 0 Å². The van der Waals surface area contributed by atoms with Gasteiger partial charge < -0.3 is 14.0 Å². The molecule has 0 saturated carbocycles. The fraction of sp³-hybridized carbons (Fsp3) is 0.300. The zero-order valence-electron chi connectivity index (χ0n) is 14.0. The zero-order valence-corrected chi connectivity index (χ0v) is 14.0. The van der Waals surface area contributed by atoms with E-state index in [0.29, 0.717) is 12.5 Å². The maximum atomic E-state index is 5.81. The number of fused-ring (bicyclic) bond motifs is 1. The van der Waals surface area contributed by atoms with Crippen LogP contribution < -0.4 is 9.47 Å². The first-order valence-electron chi connectivity index (χ1n) is 8.03. The molecule has 3 heteroatoms. The molecule has 0 spiro atoms. The Bertz CT molecular complexity index is 772. The van der Waals surface area contributed by atoms with Gasteiger partial charge in [0.2, 0.25) is 0 Å². The molecule has 120 valence electrons. The molecule has 0 unspecified atom stereocenters. The lowest BCUT2D eigenvalue weighted by molar-refractivity contribution is 0.300. The summed E-state index contributed by atoms with van der Waals surface area (Å²) in [5.41, 5.74) is 2.64. The van der Waals surface area contributed by atoms with Crippen molar-refractivity contribution in [1.82, 2.24) is 4.57 Å². The van der Waals surface area contributed by atoms with Crippen molar-refractivity contribution in [3.8, 4) is 11.5 Å². The van der Waals surface area contributed by atoms with Crippen LogP contribution in [0.3, 0.4) is 0 Å². The lowest BCUT2D eigenvalue weighted by atomic mass is 10.0. The Hall–Kier alpha value is -2.42. The van der Waals surface area contributed by atoms with Gasteiger partial charge in [-0.3, -0.25) is 0 Å². The molecule has 0 aliphatic carbocycles. The maximum Gasteiger partial charge on any atom is 0.119 e.